The van der Waals surface area contributed by atoms with Crippen molar-refractivity contribution in [2.45, 2.75) is 0 Å². The average molecular weight is 413 g/mol. The van der Waals surface area contributed by atoms with E-state index in [1.165, 1.54) is 0 Å². The second kappa shape index (κ2) is 8.05. The Morgan fingerprint density at radius 1 is 0.957 bits per heavy atom. The molecule has 118 valence electrons. The molecular formula is C15H11BrClN3O2S. The van der Waals surface area contributed by atoms with Crippen LogP contribution in [-0.4, -0.2) is 16.9 Å². The Labute approximate surface area is 151 Å². The highest BCUT2D eigenvalue weighted by Gasteiger charge is 2.11. The van der Waals surface area contributed by atoms with Crippen molar-refractivity contribution >= 4 is 56.7 Å². The number of halogens is 2. The number of hydrazine groups is 1. The maximum absolute atomic E-state index is 12.0. The summed E-state index contributed by atoms with van der Waals surface area (Å²) in [6.07, 6.45) is 0. The Morgan fingerprint density at radius 2 is 1.61 bits per heavy atom. The Morgan fingerprint density at radius 3 is 2.26 bits per heavy atom. The zero-order valence-electron chi connectivity index (χ0n) is 11.6. The van der Waals surface area contributed by atoms with Gasteiger partial charge in [0.1, 0.15) is 0 Å². The number of amides is 2. The summed E-state index contributed by atoms with van der Waals surface area (Å²) in [6.45, 7) is 0. The maximum Gasteiger partial charge on any atom is 0.270 e. The van der Waals surface area contributed by atoms with Gasteiger partial charge < -0.3 is 0 Å². The summed E-state index contributed by atoms with van der Waals surface area (Å²) in [5.41, 5.74) is 5.72. The van der Waals surface area contributed by atoms with Gasteiger partial charge >= 0.3 is 0 Å². The summed E-state index contributed by atoms with van der Waals surface area (Å²) in [7, 11) is 0. The van der Waals surface area contributed by atoms with Crippen LogP contribution in [0, 0.1) is 0 Å². The van der Waals surface area contributed by atoms with Crippen LogP contribution in [0.1, 0.15) is 20.7 Å². The lowest BCUT2D eigenvalue weighted by Crippen LogP contribution is -2.48. The van der Waals surface area contributed by atoms with Gasteiger partial charge in [0, 0.05) is 15.1 Å². The third-order valence-electron chi connectivity index (χ3n) is 2.74. The summed E-state index contributed by atoms with van der Waals surface area (Å²) in [6, 6.07) is 13.3. The molecule has 0 heterocycles. The molecule has 3 N–H and O–H groups in total. The minimum absolute atomic E-state index is 0.0228. The smallest absolute Gasteiger partial charge is 0.270 e. The van der Waals surface area contributed by atoms with Crippen LogP contribution in [0.5, 0.6) is 0 Å². The maximum atomic E-state index is 12.0. The molecule has 2 rings (SSSR count). The quantitative estimate of drug-likeness (QED) is 0.524. The van der Waals surface area contributed by atoms with E-state index in [-0.39, 0.29) is 11.0 Å². The van der Waals surface area contributed by atoms with Gasteiger partial charge in [-0.3, -0.25) is 25.8 Å². The highest BCUT2D eigenvalue weighted by Crippen LogP contribution is 2.15. The second-order valence-electron chi connectivity index (χ2n) is 4.35. The minimum atomic E-state index is -0.408. The van der Waals surface area contributed by atoms with Crippen molar-refractivity contribution in [2.24, 2.45) is 0 Å². The van der Waals surface area contributed by atoms with Crippen LogP contribution >= 0.6 is 39.7 Å². The molecule has 0 spiro atoms. The van der Waals surface area contributed by atoms with Gasteiger partial charge in [-0.25, -0.2) is 0 Å². The fourth-order valence-electron chi connectivity index (χ4n) is 1.63. The monoisotopic (exact) mass is 411 g/mol. The lowest BCUT2D eigenvalue weighted by Gasteiger charge is -2.11. The van der Waals surface area contributed by atoms with Crippen molar-refractivity contribution in [3.8, 4) is 0 Å². The Bertz CT molecular complexity index is 753. The molecule has 23 heavy (non-hydrogen) atoms. The molecule has 0 aliphatic rings. The standard InChI is InChI=1S/C15H11BrClN3O2S/c16-12-4-2-1-3-11(12)14(22)19-20-15(23)18-13(21)9-5-7-10(17)8-6-9/h1-8H,(H,19,22)(H2,18,20,21,23). The third kappa shape index (κ3) is 5.02. The number of carbonyl (C=O) groups excluding carboxylic acids is 2. The summed E-state index contributed by atoms with van der Waals surface area (Å²) in [5, 5.41) is 2.96. The highest BCUT2D eigenvalue weighted by molar-refractivity contribution is 9.10. The molecule has 2 aromatic carbocycles. The van der Waals surface area contributed by atoms with Crippen LogP contribution in [0.3, 0.4) is 0 Å². The molecule has 2 amide bonds. The van der Waals surface area contributed by atoms with Crippen molar-refractivity contribution in [1.29, 1.82) is 0 Å². The van der Waals surface area contributed by atoms with E-state index in [2.05, 4.69) is 32.1 Å². The molecule has 0 atom stereocenters. The first-order valence-electron chi connectivity index (χ1n) is 6.39. The Kier molecular flexibility index (Phi) is 6.09. The van der Waals surface area contributed by atoms with Crippen molar-refractivity contribution in [2.75, 3.05) is 0 Å². The molecule has 0 bridgehead atoms. The van der Waals surface area contributed by atoms with Crippen molar-refractivity contribution in [1.82, 2.24) is 16.2 Å². The Balaban J connectivity index is 1.88. The zero-order valence-corrected chi connectivity index (χ0v) is 14.8. The lowest BCUT2D eigenvalue weighted by atomic mass is 10.2. The minimum Gasteiger partial charge on any atom is -0.298 e. The van der Waals surface area contributed by atoms with E-state index in [1.54, 1.807) is 48.5 Å². The van der Waals surface area contributed by atoms with Gasteiger partial charge in [0.15, 0.2) is 5.11 Å². The fraction of sp³-hybridized carbons (Fsp3) is 0. The van der Waals surface area contributed by atoms with Gasteiger partial charge in [-0.15, -0.1) is 0 Å². The molecule has 8 heteroatoms. The summed E-state index contributed by atoms with van der Waals surface area (Å²) in [4.78, 5) is 23.9. The van der Waals surface area contributed by atoms with E-state index >= 15 is 0 Å². The predicted molar refractivity (Wildman–Crippen MR) is 96.3 cm³/mol. The van der Waals surface area contributed by atoms with Crippen molar-refractivity contribution in [3.05, 3.63) is 69.2 Å². The van der Waals surface area contributed by atoms with E-state index in [0.717, 1.165) is 0 Å². The summed E-state index contributed by atoms with van der Waals surface area (Å²) < 4.78 is 0.649. The second-order valence-corrected chi connectivity index (χ2v) is 6.05. The molecule has 0 aliphatic heterocycles. The molecule has 0 aliphatic carbocycles. The third-order valence-corrected chi connectivity index (χ3v) is 3.89. The normalized spacial score (nSPS) is 9.83. The van der Waals surface area contributed by atoms with E-state index in [0.29, 0.717) is 20.6 Å². The predicted octanol–water partition coefficient (Wildman–Crippen LogP) is 3.05. The first-order chi connectivity index (χ1) is 11.0. The number of rotatable bonds is 2. The average Bonchev–Trinajstić information content (AvgIpc) is 2.53. The van der Waals surface area contributed by atoms with E-state index in [1.807, 2.05) is 0 Å². The van der Waals surface area contributed by atoms with E-state index in [9.17, 15) is 9.59 Å². The fourth-order valence-corrected chi connectivity index (χ4v) is 2.37. The molecule has 0 radical (unpaired) electrons. The van der Waals surface area contributed by atoms with Gasteiger partial charge in [-0.05, 0) is 64.5 Å². The van der Waals surface area contributed by atoms with Crippen LogP contribution in [-0.2, 0) is 0 Å². The van der Waals surface area contributed by atoms with Gasteiger partial charge in [0.25, 0.3) is 11.8 Å². The number of nitrogens with one attached hydrogen (secondary N) is 3. The largest absolute Gasteiger partial charge is 0.298 e. The van der Waals surface area contributed by atoms with Crippen LogP contribution in [0.25, 0.3) is 0 Å². The number of carbonyl (C=O) groups is 2. The van der Waals surface area contributed by atoms with Gasteiger partial charge in [0.05, 0.1) is 5.56 Å². The van der Waals surface area contributed by atoms with Crippen LogP contribution in [0.4, 0.5) is 0 Å². The molecule has 5 nitrogen and oxygen atoms in total. The number of benzene rings is 2. The molecule has 2 aromatic rings. The number of hydrogen-bond acceptors (Lipinski definition) is 3. The van der Waals surface area contributed by atoms with Crippen molar-refractivity contribution in [3.63, 3.8) is 0 Å². The molecular weight excluding hydrogens is 402 g/mol. The van der Waals surface area contributed by atoms with E-state index in [4.69, 9.17) is 23.8 Å². The first kappa shape index (κ1) is 17.4. The molecule has 0 saturated carbocycles. The Hall–Kier alpha value is -1.96. The number of hydrogen-bond donors (Lipinski definition) is 3. The van der Waals surface area contributed by atoms with Gasteiger partial charge in [-0.2, -0.15) is 0 Å². The summed E-state index contributed by atoms with van der Waals surface area (Å²) in [5.74, 6) is -0.796. The zero-order chi connectivity index (χ0) is 16.8. The molecule has 0 fully saturated rings. The van der Waals surface area contributed by atoms with E-state index < -0.39 is 5.91 Å². The summed E-state index contributed by atoms with van der Waals surface area (Å²) >= 11 is 14.0. The highest BCUT2D eigenvalue weighted by atomic mass is 79.9. The van der Waals surface area contributed by atoms with Crippen molar-refractivity contribution < 1.29 is 9.59 Å². The molecule has 0 saturated heterocycles. The SMILES string of the molecule is O=C(NC(=S)NNC(=O)c1ccccc1Br)c1ccc(Cl)cc1. The van der Waals surface area contributed by atoms with Gasteiger partial charge in [-0.1, -0.05) is 23.7 Å². The topological polar surface area (TPSA) is 70.2 Å². The molecule has 0 unspecified atom stereocenters. The lowest BCUT2D eigenvalue weighted by molar-refractivity contribution is 0.0934. The number of thiocarbonyl (C=S) groups is 1. The van der Waals surface area contributed by atoms with Crippen LogP contribution in [0.2, 0.25) is 5.02 Å². The molecule has 0 aromatic heterocycles. The van der Waals surface area contributed by atoms with Crippen LogP contribution < -0.4 is 16.2 Å². The van der Waals surface area contributed by atoms with Gasteiger partial charge in [0.2, 0.25) is 0 Å². The van der Waals surface area contributed by atoms with Crippen LogP contribution in [0.15, 0.2) is 53.0 Å². The first-order valence-corrected chi connectivity index (χ1v) is 7.97.